The second-order valence-corrected chi connectivity index (χ2v) is 6.89. The Bertz CT molecular complexity index is 1260. The van der Waals surface area contributed by atoms with Crippen LogP contribution in [0.3, 0.4) is 0 Å². The number of pyridine rings is 2. The van der Waals surface area contributed by atoms with E-state index in [2.05, 4.69) is 75.5 Å². The molecule has 0 radical (unpaired) electrons. The van der Waals surface area contributed by atoms with Crippen LogP contribution >= 0.6 is 0 Å². The molecule has 0 aliphatic carbocycles. The lowest BCUT2D eigenvalue weighted by atomic mass is 10.1. The van der Waals surface area contributed by atoms with Gasteiger partial charge in [0.1, 0.15) is 0 Å². The van der Waals surface area contributed by atoms with Gasteiger partial charge >= 0.3 is 0 Å². The van der Waals surface area contributed by atoms with E-state index in [9.17, 15) is 0 Å². The number of anilines is 2. The quantitative estimate of drug-likeness (QED) is 0.446. The van der Waals surface area contributed by atoms with Crippen LogP contribution in [0, 0.1) is 0 Å². The number of hydrogen-bond donors (Lipinski definition) is 1. The highest BCUT2D eigenvalue weighted by Gasteiger charge is 2.10. The van der Waals surface area contributed by atoms with Crippen molar-refractivity contribution in [1.82, 2.24) is 19.2 Å². The maximum Gasteiger partial charge on any atom is 0.0722 e. The van der Waals surface area contributed by atoms with E-state index in [1.165, 1.54) is 0 Å². The lowest BCUT2D eigenvalue weighted by Crippen LogP contribution is -1.96. The van der Waals surface area contributed by atoms with E-state index < -0.39 is 0 Å². The monoisotopic (exact) mass is 367 g/mol. The Morgan fingerprint density at radius 3 is 2.82 bits per heavy atom. The lowest BCUT2D eigenvalue weighted by Gasteiger charge is -2.11. The van der Waals surface area contributed by atoms with Gasteiger partial charge in [-0.05, 0) is 55.0 Å². The van der Waals surface area contributed by atoms with E-state index in [0.29, 0.717) is 0 Å². The molecule has 1 aromatic carbocycles. The van der Waals surface area contributed by atoms with Crippen LogP contribution in [0.25, 0.3) is 27.7 Å². The van der Waals surface area contributed by atoms with Crippen molar-refractivity contribution in [2.75, 3.05) is 5.32 Å². The van der Waals surface area contributed by atoms with Gasteiger partial charge in [0.2, 0.25) is 0 Å². The van der Waals surface area contributed by atoms with Crippen molar-refractivity contribution in [3.63, 3.8) is 0 Å². The van der Waals surface area contributed by atoms with Gasteiger partial charge in [0.25, 0.3) is 0 Å². The summed E-state index contributed by atoms with van der Waals surface area (Å²) in [5.41, 5.74) is 6.49. The van der Waals surface area contributed by atoms with E-state index in [4.69, 9.17) is 0 Å². The van der Waals surface area contributed by atoms with Crippen molar-refractivity contribution < 1.29 is 0 Å². The number of rotatable bonds is 5. The highest BCUT2D eigenvalue weighted by Crippen LogP contribution is 2.30. The summed E-state index contributed by atoms with van der Waals surface area (Å²) in [6, 6.07) is 18.7. The Morgan fingerprint density at radius 2 is 1.89 bits per heavy atom. The van der Waals surface area contributed by atoms with Crippen molar-refractivity contribution in [3.05, 3.63) is 79.4 Å². The van der Waals surface area contributed by atoms with Crippen LogP contribution in [0.2, 0.25) is 0 Å². The number of aromatic nitrogens is 4. The molecule has 0 aliphatic heterocycles. The molecular formula is C23H21N5. The SMILES string of the molecule is CCCn1cc(-c2ccc3c(Nc4cccc5ncccc45)cccn23)cn1. The second-order valence-electron chi connectivity index (χ2n) is 6.89. The molecule has 0 amide bonds. The number of nitrogens with zero attached hydrogens (tertiary/aromatic N) is 4. The van der Waals surface area contributed by atoms with Crippen LogP contribution < -0.4 is 5.32 Å². The molecule has 0 fully saturated rings. The summed E-state index contributed by atoms with van der Waals surface area (Å²) in [5.74, 6) is 0. The van der Waals surface area contributed by atoms with Gasteiger partial charge in [-0.15, -0.1) is 0 Å². The largest absolute Gasteiger partial charge is 0.353 e. The zero-order chi connectivity index (χ0) is 18.9. The first kappa shape index (κ1) is 16.6. The molecular weight excluding hydrogens is 346 g/mol. The molecule has 0 spiro atoms. The first-order chi connectivity index (χ1) is 13.8. The van der Waals surface area contributed by atoms with Crippen molar-refractivity contribution in [1.29, 1.82) is 0 Å². The maximum atomic E-state index is 4.47. The summed E-state index contributed by atoms with van der Waals surface area (Å²) in [7, 11) is 0. The molecule has 5 nitrogen and oxygen atoms in total. The molecule has 0 atom stereocenters. The van der Waals surface area contributed by atoms with Crippen LogP contribution in [0.5, 0.6) is 0 Å². The average Bonchev–Trinajstić information content (AvgIpc) is 3.36. The highest BCUT2D eigenvalue weighted by atomic mass is 15.3. The summed E-state index contributed by atoms with van der Waals surface area (Å²) >= 11 is 0. The predicted molar refractivity (Wildman–Crippen MR) is 114 cm³/mol. The Balaban J connectivity index is 1.56. The molecule has 0 bridgehead atoms. The standard InChI is InChI=1S/C23H21N5/c1-2-13-27-16-17(15-25-27)22-10-11-23-21(9-5-14-28(22)23)26-20-8-3-7-19-18(20)6-4-12-24-19/h3-12,14-16,26H,2,13H2,1H3. The smallest absolute Gasteiger partial charge is 0.0722 e. The van der Waals surface area contributed by atoms with Gasteiger partial charge in [0.05, 0.1) is 28.6 Å². The van der Waals surface area contributed by atoms with Gasteiger partial charge in [-0.3, -0.25) is 9.67 Å². The topological polar surface area (TPSA) is 47.2 Å². The summed E-state index contributed by atoms with van der Waals surface area (Å²) in [6.07, 6.45) is 9.04. The molecule has 5 rings (SSSR count). The zero-order valence-electron chi connectivity index (χ0n) is 15.7. The van der Waals surface area contributed by atoms with Gasteiger partial charge in [-0.2, -0.15) is 5.10 Å². The van der Waals surface area contributed by atoms with Crippen LogP contribution in [0.4, 0.5) is 11.4 Å². The molecule has 0 saturated heterocycles. The first-order valence-corrected chi connectivity index (χ1v) is 9.57. The number of benzene rings is 1. The van der Waals surface area contributed by atoms with Crippen molar-refractivity contribution in [2.45, 2.75) is 19.9 Å². The maximum absolute atomic E-state index is 4.47. The molecule has 0 unspecified atom stereocenters. The molecule has 28 heavy (non-hydrogen) atoms. The number of hydrogen-bond acceptors (Lipinski definition) is 3. The second kappa shape index (κ2) is 6.85. The molecule has 4 aromatic heterocycles. The van der Waals surface area contributed by atoms with Crippen molar-refractivity contribution >= 4 is 27.8 Å². The van der Waals surface area contributed by atoms with Crippen LogP contribution in [-0.4, -0.2) is 19.2 Å². The van der Waals surface area contributed by atoms with Gasteiger partial charge in [0, 0.05) is 41.8 Å². The van der Waals surface area contributed by atoms with Gasteiger partial charge in [-0.1, -0.05) is 13.0 Å². The third kappa shape index (κ3) is 2.81. The van der Waals surface area contributed by atoms with Crippen molar-refractivity contribution in [3.8, 4) is 11.3 Å². The summed E-state index contributed by atoms with van der Waals surface area (Å²) in [4.78, 5) is 4.45. The van der Waals surface area contributed by atoms with Gasteiger partial charge in [-0.25, -0.2) is 0 Å². The van der Waals surface area contributed by atoms with E-state index in [0.717, 1.165) is 52.0 Å². The molecule has 5 heteroatoms. The van der Waals surface area contributed by atoms with Crippen molar-refractivity contribution in [2.24, 2.45) is 0 Å². The third-order valence-corrected chi connectivity index (χ3v) is 4.99. The minimum Gasteiger partial charge on any atom is -0.353 e. The fourth-order valence-corrected chi connectivity index (χ4v) is 3.68. The Hall–Kier alpha value is -3.60. The lowest BCUT2D eigenvalue weighted by molar-refractivity contribution is 0.603. The van der Waals surface area contributed by atoms with Gasteiger partial charge in [0.15, 0.2) is 0 Å². The van der Waals surface area contributed by atoms with E-state index in [-0.39, 0.29) is 0 Å². The van der Waals surface area contributed by atoms with E-state index in [1.54, 1.807) is 0 Å². The number of aryl methyl sites for hydroxylation is 1. The zero-order valence-corrected chi connectivity index (χ0v) is 15.7. The molecule has 1 N–H and O–H groups in total. The fraction of sp³-hybridized carbons (Fsp3) is 0.130. The van der Waals surface area contributed by atoms with E-state index >= 15 is 0 Å². The average molecular weight is 367 g/mol. The minimum absolute atomic E-state index is 0.936. The molecule has 138 valence electrons. The Morgan fingerprint density at radius 1 is 0.964 bits per heavy atom. The van der Waals surface area contributed by atoms with E-state index in [1.807, 2.05) is 35.3 Å². The fourth-order valence-electron chi connectivity index (χ4n) is 3.68. The third-order valence-electron chi connectivity index (χ3n) is 4.99. The van der Waals surface area contributed by atoms with Gasteiger partial charge < -0.3 is 9.72 Å². The highest BCUT2D eigenvalue weighted by molar-refractivity contribution is 5.95. The number of nitrogens with one attached hydrogen (secondary N) is 1. The summed E-state index contributed by atoms with van der Waals surface area (Å²) in [6.45, 7) is 3.10. The summed E-state index contributed by atoms with van der Waals surface area (Å²) < 4.78 is 4.21. The molecule has 4 heterocycles. The molecule has 0 saturated carbocycles. The molecule has 0 aliphatic rings. The Kier molecular flexibility index (Phi) is 4.05. The van der Waals surface area contributed by atoms with Crippen LogP contribution in [0.1, 0.15) is 13.3 Å². The van der Waals surface area contributed by atoms with Crippen LogP contribution in [0.15, 0.2) is 79.4 Å². The predicted octanol–water partition coefficient (Wildman–Crippen LogP) is 5.50. The molecule has 5 aromatic rings. The first-order valence-electron chi connectivity index (χ1n) is 9.57. The Labute approximate surface area is 163 Å². The minimum atomic E-state index is 0.936. The summed E-state index contributed by atoms with van der Waals surface area (Å²) in [5, 5.41) is 9.18. The normalized spacial score (nSPS) is 11.3. The van der Waals surface area contributed by atoms with Crippen LogP contribution in [-0.2, 0) is 6.54 Å². The number of fused-ring (bicyclic) bond motifs is 2.